The molecule has 0 atom stereocenters. The van der Waals surface area contributed by atoms with Crippen molar-refractivity contribution in [2.45, 2.75) is 4.90 Å². The third-order valence-electron chi connectivity index (χ3n) is 4.52. The number of rotatable bonds is 9. The number of anilines is 1. The highest BCUT2D eigenvalue weighted by Crippen LogP contribution is 2.37. The van der Waals surface area contributed by atoms with E-state index in [1.165, 1.54) is 63.9 Å². The predicted molar refractivity (Wildman–Crippen MR) is 125 cm³/mol. The van der Waals surface area contributed by atoms with Crippen LogP contribution < -0.4 is 24.4 Å². The molecule has 0 aliphatic carbocycles. The van der Waals surface area contributed by atoms with E-state index in [0.717, 1.165) is 0 Å². The maximum atomic E-state index is 12.4. The lowest BCUT2D eigenvalue weighted by Gasteiger charge is -2.12. The van der Waals surface area contributed by atoms with Gasteiger partial charge >= 0.3 is 0 Å². The number of hydrogen-bond acceptors (Lipinski definition) is 7. The Hall–Kier alpha value is -4.05. The first-order valence-electron chi connectivity index (χ1n) is 9.69. The SMILES string of the molecule is COc1cc(C=NNC(=O)c2ccc(NS(=O)(=O)c3ccccc3)cc2)cc(OC)c1OC. The number of carbonyl (C=O) groups excluding carboxylic acids is 1. The fraction of sp³-hybridized carbons (Fsp3) is 0.130. The molecule has 0 heterocycles. The Bertz CT molecular complexity index is 1220. The van der Waals surface area contributed by atoms with Gasteiger partial charge in [-0.15, -0.1) is 0 Å². The summed E-state index contributed by atoms with van der Waals surface area (Å²) in [5.41, 5.74) is 3.68. The van der Waals surface area contributed by atoms with E-state index in [2.05, 4.69) is 15.2 Å². The van der Waals surface area contributed by atoms with Crippen LogP contribution in [0.2, 0.25) is 0 Å². The summed E-state index contributed by atoms with van der Waals surface area (Å²) in [6.07, 6.45) is 1.44. The Morgan fingerprint density at radius 3 is 2.03 bits per heavy atom. The van der Waals surface area contributed by atoms with Gasteiger partial charge < -0.3 is 14.2 Å². The Labute approximate surface area is 192 Å². The topological polar surface area (TPSA) is 115 Å². The monoisotopic (exact) mass is 469 g/mol. The van der Waals surface area contributed by atoms with Crippen molar-refractivity contribution in [2.24, 2.45) is 5.10 Å². The second-order valence-electron chi connectivity index (χ2n) is 6.65. The van der Waals surface area contributed by atoms with Gasteiger partial charge in [0.15, 0.2) is 11.5 Å². The standard InChI is InChI=1S/C23H23N3O6S/c1-30-20-13-16(14-21(31-2)22(20)32-3)15-24-25-23(27)17-9-11-18(12-10-17)26-33(28,29)19-7-5-4-6-8-19/h4-15,26H,1-3H3,(H,25,27). The fourth-order valence-electron chi connectivity index (χ4n) is 2.91. The first-order valence-corrected chi connectivity index (χ1v) is 11.2. The van der Waals surface area contributed by atoms with Gasteiger partial charge in [0, 0.05) is 16.8 Å². The van der Waals surface area contributed by atoms with Crippen molar-refractivity contribution in [3.8, 4) is 17.2 Å². The Morgan fingerprint density at radius 2 is 1.48 bits per heavy atom. The molecule has 0 fully saturated rings. The third kappa shape index (κ3) is 5.80. The molecular formula is C23H23N3O6S. The zero-order valence-corrected chi connectivity index (χ0v) is 19.0. The van der Waals surface area contributed by atoms with Crippen molar-refractivity contribution in [3.05, 3.63) is 77.9 Å². The molecule has 0 aliphatic heterocycles. The van der Waals surface area contributed by atoms with Crippen LogP contribution in [0.3, 0.4) is 0 Å². The van der Waals surface area contributed by atoms with Crippen molar-refractivity contribution >= 4 is 27.8 Å². The smallest absolute Gasteiger partial charge is 0.271 e. The van der Waals surface area contributed by atoms with Gasteiger partial charge in [-0.2, -0.15) is 5.10 Å². The van der Waals surface area contributed by atoms with E-state index in [4.69, 9.17) is 14.2 Å². The molecule has 0 bridgehead atoms. The highest BCUT2D eigenvalue weighted by molar-refractivity contribution is 7.92. The lowest BCUT2D eigenvalue weighted by Crippen LogP contribution is -2.18. The lowest BCUT2D eigenvalue weighted by molar-refractivity contribution is 0.0955. The van der Waals surface area contributed by atoms with Crippen LogP contribution in [-0.4, -0.2) is 41.9 Å². The number of nitrogens with zero attached hydrogens (tertiary/aromatic N) is 1. The molecule has 0 radical (unpaired) electrons. The first kappa shape index (κ1) is 23.6. The fourth-order valence-corrected chi connectivity index (χ4v) is 3.99. The van der Waals surface area contributed by atoms with Gasteiger partial charge in [0.25, 0.3) is 15.9 Å². The average Bonchev–Trinajstić information content (AvgIpc) is 2.84. The number of carbonyl (C=O) groups is 1. The molecule has 0 saturated carbocycles. The van der Waals surface area contributed by atoms with Crippen LogP contribution in [0.1, 0.15) is 15.9 Å². The van der Waals surface area contributed by atoms with E-state index in [9.17, 15) is 13.2 Å². The third-order valence-corrected chi connectivity index (χ3v) is 5.92. The quantitative estimate of drug-likeness (QED) is 0.367. The number of amides is 1. The minimum atomic E-state index is -3.71. The second kappa shape index (κ2) is 10.5. The summed E-state index contributed by atoms with van der Waals surface area (Å²) in [4.78, 5) is 12.5. The van der Waals surface area contributed by atoms with Crippen LogP contribution in [0.4, 0.5) is 5.69 Å². The van der Waals surface area contributed by atoms with Crippen LogP contribution in [-0.2, 0) is 10.0 Å². The number of sulfonamides is 1. The van der Waals surface area contributed by atoms with Gasteiger partial charge in [-0.1, -0.05) is 18.2 Å². The van der Waals surface area contributed by atoms with Crippen LogP contribution in [0.15, 0.2) is 76.7 Å². The number of hydrogen-bond donors (Lipinski definition) is 2. The molecule has 2 N–H and O–H groups in total. The van der Waals surface area contributed by atoms with Gasteiger partial charge in [-0.05, 0) is 48.5 Å². The minimum Gasteiger partial charge on any atom is -0.493 e. The zero-order chi connectivity index (χ0) is 23.8. The van der Waals surface area contributed by atoms with Gasteiger partial charge in [0.05, 0.1) is 32.4 Å². The van der Waals surface area contributed by atoms with E-state index < -0.39 is 15.9 Å². The molecule has 0 aromatic heterocycles. The molecule has 9 nitrogen and oxygen atoms in total. The van der Waals surface area contributed by atoms with E-state index in [1.54, 1.807) is 30.3 Å². The minimum absolute atomic E-state index is 0.146. The van der Waals surface area contributed by atoms with Crippen LogP contribution in [0.25, 0.3) is 0 Å². The molecule has 1 amide bonds. The molecule has 3 rings (SSSR count). The Kier molecular flexibility index (Phi) is 7.52. The highest BCUT2D eigenvalue weighted by atomic mass is 32.2. The summed E-state index contributed by atoms with van der Waals surface area (Å²) in [6, 6.07) is 17.4. The maximum Gasteiger partial charge on any atom is 0.271 e. The summed E-state index contributed by atoms with van der Waals surface area (Å²) in [6.45, 7) is 0. The van der Waals surface area contributed by atoms with Crippen molar-refractivity contribution in [3.63, 3.8) is 0 Å². The number of methoxy groups -OCH3 is 3. The molecule has 3 aromatic carbocycles. The molecule has 0 spiro atoms. The first-order chi connectivity index (χ1) is 15.9. The van der Waals surface area contributed by atoms with Gasteiger partial charge in [0.2, 0.25) is 5.75 Å². The number of nitrogens with one attached hydrogen (secondary N) is 2. The lowest BCUT2D eigenvalue weighted by atomic mass is 10.2. The van der Waals surface area contributed by atoms with Crippen LogP contribution in [0.5, 0.6) is 17.2 Å². The predicted octanol–water partition coefficient (Wildman–Crippen LogP) is 3.28. The molecule has 10 heteroatoms. The van der Waals surface area contributed by atoms with E-state index in [1.807, 2.05) is 0 Å². The maximum absolute atomic E-state index is 12.4. The van der Waals surface area contributed by atoms with Gasteiger partial charge in [-0.25, -0.2) is 13.8 Å². The summed E-state index contributed by atoms with van der Waals surface area (Å²) in [5.74, 6) is 0.900. The van der Waals surface area contributed by atoms with Gasteiger partial charge in [-0.3, -0.25) is 9.52 Å². The zero-order valence-electron chi connectivity index (χ0n) is 18.2. The second-order valence-corrected chi connectivity index (χ2v) is 8.34. The largest absolute Gasteiger partial charge is 0.493 e. The summed E-state index contributed by atoms with van der Waals surface area (Å²) in [5, 5.41) is 3.96. The van der Waals surface area contributed by atoms with Crippen molar-refractivity contribution in [2.75, 3.05) is 26.1 Å². The van der Waals surface area contributed by atoms with E-state index in [-0.39, 0.29) is 4.90 Å². The van der Waals surface area contributed by atoms with E-state index in [0.29, 0.717) is 34.1 Å². The molecule has 0 saturated heterocycles. The summed E-state index contributed by atoms with van der Waals surface area (Å²) >= 11 is 0. The van der Waals surface area contributed by atoms with Gasteiger partial charge in [0.1, 0.15) is 0 Å². The Balaban J connectivity index is 1.66. The molecule has 0 aliphatic rings. The number of hydrazone groups is 1. The average molecular weight is 470 g/mol. The normalized spacial score (nSPS) is 11.1. The molecule has 172 valence electrons. The molecule has 0 unspecified atom stereocenters. The Morgan fingerprint density at radius 1 is 0.879 bits per heavy atom. The molecule has 33 heavy (non-hydrogen) atoms. The van der Waals surface area contributed by atoms with Crippen molar-refractivity contribution < 1.29 is 27.4 Å². The summed E-state index contributed by atoms with van der Waals surface area (Å²) < 4.78 is 43.1. The van der Waals surface area contributed by atoms with Crippen LogP contribution in [0, 0.1) is 0 Å². The van der Waals surface area contributed by atoms with Crippen molar-refractivity contribution in [1.82, 2.24) is 5.43 Å². The number of ether oxygens (including phenoxy) is 3. The van der Waals surface area contributed by atoms with Crippen molar-refractivity contribution in [1.29, 1.82) is 0 Å². The summed E-state index contributed by atoms with van der Waals surface area (Å²) in [7, 11) is 0.802. The molecule has 3 aromatic rings. The van der Waals surface area contributed by atoms with Crippen LogP contribution >= 0.6 is 0 Å². The molecular weight excluding hydrogens is 446 g/mol. The van der Waals surface area contributed by atoms with E-state index >= 15 is 0 Å². The number of benzene rings is 3. The highest BCUT2D eigenvalue weighted by Gasteiger charge is 2.14.